The van der Waals surface area contributed by atoms with Crippen LogP contribution in [0.15, 0.2) is 24.4 Å². The molecule has 0 atom stereocenters. The maximum Gasteiger partial charge on any atom is 0.126 e. The molecule has 0 radical (unpaired) electrons. The molecule has 0 fully saturated rings. The van der Waals surface area contributed by atoms with Crippen LogP contribution in [-0.4, -0.2) is 9.97 Å². The zero-order valence-corrected chi connectivity index (χ0v) is 11.1. The Kier molecular flexibility index (Phi) is 3.99. The first-order valence-electron chi connectivity index (χ1n) is 5.23. The number of hydrogen-bond acceptors (Lipinski definition) is 3. The molecule has 0 bridgehead atoms. The van der Waals surface area contributed by atoms with Gasteiger partial charge in [-0.2, -0.15) is 0 Å². The third-order valence-corrected chi connectivity index (χ3v) is 2.88. The van der Waals surface area contributed by atoms with E-state index in [1.54, 1.807) is 19.2 Å². The smallest absolute Gasteiger partial charge is 0.126 e. The summed E-state index contributed by atoms with van der Waals surface area (Å²) in [6.45, 7) is 2.25. The van der Waals surface area contributed by atoms with Gasteiger partial charge < -0.3 is 5.32 Å². The molecule has 1 N–H and O–H groups in total. The molecule has 0 aliphatic heterocycles. The molecule has 94 valence electrons. The van der Waals surface area contributed by atoms with Crippen LogP contribution in [0.3, 0.4) is 0 Å². The lowest BCUT2D eigenvalue weighted by Gasteiger charge is -2.10. The number of nitrogens with one attached hydrogen (secondary N) is 1. The Morgan fingerprint density at radius 1 is 1.28 bits per heavy atom. The quantitative estimate of drug-likeness (QED) is 0.931. The van der Waals surface area contributed by atoms with E-state index in [-0.39, 0.29) is 10.0 Å². The average molecular weight is 286 g/mol. The van der Waals surface area contributed by atoms with E-state index in [1.807, 2.05) is 0 Å². The van der Waals surface area contributed by atoms with Gasteiger partial charge in [0.15, 0.2) is 0 Å². The molecule has 18 heavy (non-hydrogen) atoms. The van der Waals surface area contributed by atoms with Crippen molar-refractivity contribution < 1.29 is 4.39 Å². The topological polar surface area (TPSA) is 37.8 Å². The number of anilines is 1. The lowest BCUT2D eigenvalue weighted by Crippen LogP contribution is -2.04. The molecule has 0 amide bonds. The highest BCUT2D eigenvalue weighted by molar-refractivity contribution is 6.39. The highest BCUT2D eigenvalue weighted by atomic mass is 35.5. The molecule has 2 rings (SSSR count). The molecule has 0 aliphatic rings. The van der Waals surface area contributed by atoms with E-state index in [9.17, 15) is 4.39 Å². The van der Waals surface area contributed by atoms with Crippen LogP contribution in [0.4, 0.5) is 10.1 Å². The Labute approximate surface area is 114 Å². The van der Waals surface area contributed by atoms with Crippen molar-refractivity contribution >= 4 is 28.9 Å². The van der Waals surface area contributed by atoms with Gasteiger partial charge in [0.25, 0.3) is 0 Å². The SMILES string of the molecule is Cc1nccc(CNc2c(Cl)cc(F)cc2Cl)n1. The number of halogens is 3. The van der Waals surface area contributed by atoms with E-state index in [4.69, 9.17) is 23.2 Å². The molecule has 0 unspecified atom stereocenters. The van der Waals surface area contributed by atoms with Crippen LogP contribution in [0.25, 0.3) is 0 Å². The van der Waals surface area contributed by atoms with Gasteiger partial charge in [-0.3, -0.25) is 0 Å². The second-order valence-electron chi connectivity index (χ2n) is 3.69. The van der Waals surface area contributed by atoms with E-state index < -0.39 is 5.82 Å². The Morgan fingerprint density at radius 2 is 1.94 bits per heavy atom. The van der Waals surface area contributed by atoms with Gasteiger partial charge in [0.05, 0.1) is 28.0 Å². The molecule has 1 aromatic heterocycles. The molecular formula is C12H10Cl2FN3. The first-order chi connectivity index (χ1) is 8.56. The van der Waals surface area contributed by atoms with Gasteiger partial charge >= 0.3 is 0 Å². The fraction of sp³-hybridized carbons (Fsp3) is 0.167. The number of hydrogen-bond donors (Lipinski definition) is 1. The summed E-state index contributed by atoms with van der Waals surface area (Å²) < 4.78 is 13.0. The third kappa shape index (κ3) is 3.09. The highest BCUT2D eigenvalue weighted by Crippen LogP contribution is 2.31. The van der Waals surface area contributed by atoms with Crippen molar-refractivity contribution in [1.82, 2.24) is 9.97 Å². The normalized spacial score (nSPS) is 10.4. The molecule has 0 saturated carbocycles. The van der Waals surface area contributed by atoms with Crippen molar-refractivity contribution in [3.8, 4) is 0 Å². The summed E-state index contributed by atoms with van der Waals surface area (Å²) in [6.07, 6.45) is 1.67. The van der Waals surface area contributed by atoms with Crippen LogP contribution < -0.4 is 5.32 Å². The van der Waals surface area contributed by atoms with Crippen LogP contribution in [0.5, 0.6) is 0 Å². The van der Waals surface area contributed by atoms with Gasteiger partial charge in [0.1, 0.15) is 11.6 Å². The van der Waals surface area contributed by atoms with Crippen LogP contribution in [0.2, 0.25) is 10.0 Å². The maximum atomic E-state index is 13.0. The van der Waals surface area contributed by atoms with Crippen LogP contribution >= 0.6 is 23.2 Å². The first kappa shape index (κ1) is 13.1. The largest absolute Gasteiger partial charge is 0.377 e. The average Bonchev–Trinajstić information content (AvgIpc) is 2.27. The first-order valence-corrected chi connectivity index (χ1v) is 5.99. The summed E-state index contributed by atoms with van der Waals surface area (Å²) in [7, 11) is 0. The molecular weight excluding hydrogens is 276 g/mol. The Hall–Kier alpha value is -1.39. The lowest BCUT2D eigenvalue weighted by molar-refractivity contribution is 0.628. The van der Waals surface area contributed by atoms with E-state index in [1.165, 1.54) is 12.1 Å². The zero-order chi connectivity index (χ0) is 13.1. The summed E-state index contributed by atoms with van der Waals surface area (Å²) in [5, 5.41) is 3.51. The summed E-state index contributed by atoms with van der Waals surface area (Å²) in [5.74, 6) is 0.221. The monoisotopic (exact) mass is 285 g/mol. The van der Waals surface area contributed by atoms with Gasteiger partial charge in [-0.05, 0) is 25.1 Å². The van der Waals surface area contributed by atoms with Crippen LogP contribution in [0.1, 0.15) is 11.5 Å². The van der Waals surface area contributed by atoms with E-state index in [2.05, 4.69) is 15.3 Å². The van der Waals surface area contributed by atoms with Crippen LogP contribution in [-0.2, 0) is 6.54 Å². The molecule has 0 aliphatic carbocycles. The van der Waals surface area contributed by atoms with Gasteiger partial charge in [-0.25, -0.2) is 14.4 Å². The van der Waals surface area contributed by atoms with Crippen molar-refractivity contribution in [2.45, 2.75) is 13.5 Å². The summed E-state index contributed by atoms with van der Waals surface area (Å²) in [6, 6.07) is 4.20. The number of rotatable bonds is 3. The molecule has 2 aromatic rings. The van der Waals surface area contributed by atoms with Crippen molar-refractivity contribution in [2.24, 2.45) is 0 Å². The summed E-state index contributed by atoms with van der Waals surface area (Å²) in [4.78, 5) is 8.23. The fourth-order valence-electron chi connectivity index (χ4n) is 1.49. The standard InChI is InChI=1S/C12H10Cl2FN3/c1-7-16-3-2-9(18-7)6-17-12-10(13)4-8(15)5-11(12)14/h2-5,17H,6H2,1H3. The second kappa shape index (κ2) is 5.50. The van der Waals surface area contributed by atoms with Gasteiger partial charge in [0, 0.05) is 6.20 Å². The number of benzene rings is 1. The predicted molar refractivity (Wildman–Crippen MR) is 70.5 cm³/mol. The number of aromatic nitrogens is 2. The second-order valence-corrected chi connectivity index (χ2v) is 4.51. The molecule has 0 spiro atoms. The predicted octanol–water partition coefficient (Wildman–Crippen LogP) is 3.84. The van der Waals surface area contributed by atoms with Gasteiger partial charge in [-0.1, -0.05) is 23.2 Å². The molecule has 1 aromatic carbocycles. The molecule has 0 saturated heterocycles. The maximum absolute atomic E-state index is 13.0. The van der Waals surface area contributed by atoms with Crippen LogP contribution in [0, 0.1) is 12.7 Å². The molecule has 3 nitrogen and oxygen atoms in total. The van der Waals surface area contributed by atoms with E-state index in [0.717, 1.165) is 5.69 Å². The Bertz CT molecular complexity index is 552. The van der Waals surface area contributed by atoms with Crippen molar-refractivity contribution in [3.05, 3.63) is 51.8 Å². The zero-order valence-electron chi connectivity index (χ0n) is 9.54. The molecule has 1 heterocycles. The van der Waals surface area contributed by atoms with Gasteiger partial charge in [0.2, 0.25) is 0 Å². The van der Waals surface area contributed by atoms with E-state index in [0.29, 0.717) is 18.1 Å². The Morgan fingerprint density at radius 3 is 2.56 bits per heavy atom. The lowest BCUT2D eigenvalue weighted by atomic mass is 10.3. The summed E-state index contributed by atoms with van der Waals surface area (Å²) >= 11 is 11.8. The summed E-state index contributed by atoms with van der Waals surface area (Å²) in [5.41, 5.74) is 1.30. The third-order valence-electron chi connectivity index (χ3n) is 2.29. The molecule has 6 heteroatoms. The highest BCUT2D eigenvalue weighted by Gasteiger charge is 2.08. The minimum absolute atomic E-state index is 0.241. The Balaban J connectivity index is 2.16. The van der Waals surface area contributed by atoms with Crippen molar-refractivity contribution in [3.63, 3.8) is 0 Å². The van der Waals surface area contributed by atoms with Crippen molar-refractivity contribution in [2.75, 3.05) is 5.32 Å². The minimum atomic E-state index is -0.464. The fourth-order valence-corrected chi connectivity index (χ4v) is 2.09. The van der Waals surface area contributed by atoms with Crippen molar-refractivity contribution in [1.29, 1.82) is 0 Å². The number of nitrogens with zero attached hydrogens (tertiary/aromatic N) is 2. The minimum Gasteiger partial charge on any atom is -0.377 e. The van der Waals surface area contributed by atoms with Gasteiger partial charge in [-0.15, -0.1) is 0 Å². The van der Waals surface area contributed by atoms with E-state index >= 15 is 0 Å². The number of aryl methyl sites for hydroxylation is 1.